The van der Waals surface area contributed by atoms with Gasteiger partial charge in [0.25, 0.3) is 6.85 Å². The van der Waals surface area contributed by atoms with Crippen LogP contribution in [0.3, 0.4) is 0 Å². The highest BCUT2D eigenvalue weighted by Gasteiger charge is 2.49. The lowest BCUT2D eigenvalue weighted by Crippen LogP contribution is -2.52. The van der Waals surface area contributed by atoms with Crippen molar-refractivity contribution in [2.75, 3.05) is 7.05 Å². The van der Waals surface area contributed by atoms with Gasteiger partial charge >= 0.3 is 0 Å². The van der Waals surface area contributed by atoms with Crippen molar-refractivity contribution in [3.05, 3.63) is 10.7 Å². The minimum atomic E-state index is -1.29. The number of hydrogen-bond acceptors (Lipinski definition) is 1. The summed E-state index contributed by atoms with van der Waals surface area (Å²) in [5.41, 5.74) is 1.71. The Balaban J connectivity index is 3.22. The van der Waals surface area contributed by atoms with E-state index in [4.69, 9.17) is 0 Å². The molecule has 0 radical (unpaired) electrons. The van der Waals surface area contributed by atoms with Crippen LogP contribution >= 0.6 is 0 Å². The van der Waals surface area contributed by atoms with Crippen LogP contribution < -0.4 is 0 Å². The molecule has 0 atom stereocenters. The number of allylic oxidation sites excluding steroid dienone is 2. The largest absolute Gasteiger partial charge is 0.360 e. The Hall–Kier alpha value is -0.0182. The molecular formula is C12H26BNSi. The van der Waals surface area contributed by atoms with Crippen LogP contribution in [0.25, 0.3) is 0 Å². The Morgan fingerprint density at radius 2 is 1.73 bits per heavy atom. The lowest BCUT2D eigenvalue weighted by molar-refractivity contribution is 0.658. The van der Waals surface area contributed by atoms with E-state index in [9.17, 15) is 0 Å². The van der Waals surface area contributed by atoms with Gasteiger partial charge in [-0.1, -0.05) is 51.5 Å². The topological polar surface area (TPSA) is 3.24 Å². The van der Waals surface area contributed by atoms with E-state index in [-0.39, 0.29) is 0 Å². The molecule has 1 aliphatic rings. The summed E-state index contributed by atoms with van der Waals surface area (Å²) in [4.78, 5) is 0. The van der Waals surface area contributed by atoms with Crippen LogP contribution in [-0.2, 0) is 0 Å². The van der Waals surface area contributed by atoms with Crippen molar-refractivity contribution >= 4 is 15.1 Å². The van der Waals surface area contributed by atoms with Crippen molar-refractivity contribution in [1.29, 1.82) is 0 Å². The van der Waals surface area contributed by atoms with Crippen molar-refractivity contribution in [2.45, 2.75) is 59.4 Å². The Morgan fingerprint density at radius 3 is 2.00 bits per heavy atom. The Morgan fingerprint density at radius 1 is 1.27 bits per heavy atom. The zero-order valence-corrected chi connectivity index (χ0v) is 12.7. The first-order valence-electron chi connectivity index (χ1n) is 6.07. The Kier molecular flexibility index (Phi) is 3.28. The molecular weight excluding hydrogens is 197 g/mol. The van der Waals surface area contributed by atoms with Crippen molar-refractivity contribution in [3.8, 4) is 0 Å². The van der Waals surface area contributed by atoms with Gasteiger partial charge < -0.3 is 4.48 Å². The first kappa shape index (κ1) is 13.0. The number of hydrogen-bond donors (Lipinski definition) is 0. The van der Waals surface area contributed by atoms with E-state index in [0.717, 1.165) is 0 Å². The van der Waals surface area contributed by atoms with Gasteiger partial charge in [-0.2, -0.15) is 0 Å². The highest BCUT2D eigenvalue weighted by atomic mass is 28.3. The fourth-order valence-corrected chi connectivity index (χ4v) is 5.80. The summed E-state index contributed by atoms with van der Waals surface area (Å²) in [5.74, 6) is 0. The van der Waals surface area contributed by atoms with Crippen LogP contribution in [0.1, 0.15) is 41.0 Å². The predicted molar refractivity (Wildman–Crippen MR) is 73.7 cm³/mol. The van der Waals surface area contributed by atoms with Gasteiger partial charge in [0.05, 0.1) is 0 Å². The summed E-state index contributed by atoms with van der Waals surface area (Å²) in [7, 11) is 1.04. The third kappa shape index (κ3) is 1.96. The monoisotopic (exact) mass is 223 g/mol. The lowest BCUT2D eigenvalue weighted by atomic mass is 9.39. The van der Waals surface area contributed by atoms with Gasteiger partial charge in [-0.25, -0.2) is 0 Å². The number of nitrogens with zero attached hydrogens (tertiary/aromatic N) is 1. The van der Waals surface area contributed by atoms with Crippen LogP contribution in [0.4, 0.5) is 0 Å². The molecule has 0 fully saturated rings. The standard InChI is InChI=1S/C12H26BNSi/c1-9-11-10(2)15(7,8)14(6)13(11)12(3,4)5/h9H2,1-8H3. The molecule has 0 amide bonds. The smallest absolute Gasteiger partial charge is 0.251 e. The first-order valence-corrected chi connectivity index (χ1v) is 9.01. The van der Waals surface area contributed by atoms with Gasteiger partial charge in [-0.3, -0.25) is 0 Å². The summed E-state index contributed by atoms with van der Waals surface area (Å²) < 4.78 is 2.68. The van der Waals surface area contributed by atoms with E-state index >= 15 is 0 Å². The second-order valence-electron chi connectivity index (χ2n) is 6.44. The van der Waals surface area contributed by atoms with E-state index in [2.05, 4.69) is 59.2 Å². The maximum Gasteiger partial charge on any atom is 0.251 e. The molecule has 0 unspecified atom stereocenters. The van der Waals surface area contributed by atoms with Gasteiger partial charge in [-0.15, -0.1) is 0 Å². The summed E-state index contributed by atoms with van der Waals surface area (Å²) in [5, 5.41) is 2.08. The third-order valence-electron chi connectivity index (χ3n) is 4.20. The highest BCUT2D eigenvalue weighted by Crippen LogP contribution is 2.43. The fourth-order valence-electron chi connectivity index (χ4n) is 2.98. The Bertz CT molecular complexity index is 288. The van der Waals surface area contributed by atoms with Crippen LogP contribution in [0.5, 0.6) is 0 Å². The molecule has 0 N–H and O–H groups in total. The maximum absolute atomic E-state index is 2.68. The SMILES string of the molecule is CCC1=C(C)[Si](C)(C)N(C)B1C(C)(C)C. The molecule has 1 heterocycles. The zero-order valence-electron chi connectivity index (χ0n) is 11.7. The van der Waals surface area contributed by atoms with Gasteiger partial charge in [0, 0.05) is 0 Å². The molecule has 0 aliphatic carbocycles. The quantitative estimate of drug-likeness (QED) is 0.612. The van der Waals surface area contributed by atoms with E-state index in [1.165, 1.54) is 6.42 Å². The molecule has 15 heavy (non-hydrogen) atoms. The van der Waals surface area contributed by atoms with Crippen LogP contribution in [-0.4, -0.2) is 26.6 Å². The highest BCUT2D eigenvalue weighted by molar-refractivity contribution is 6.96. The minimum Gasteiger partial charge on any atom is -0.360 e. The molecule has 0 spiro atoms. The summed E-state index contributed by atoms with van der Waals surface area (Å²) in [6, 6.07) is 0. The molecule has 3 heteroatoms. The lowest BCUT2D eigenvalue weighted by Gasteiger charge is -2.37. The number of rotatable bonds is 1. The van der Waals surface area contributed by atoms with Crippen molar-refractivity contribution in [3.63, 3.8) is 0 Å². The first-order chi connectivity index (χ1) is 6.64. The average Bonchev–Trinajstić information content (AvgIpc) is 2.25. The molecule has 0 bridgehead atoms. The normalized spacial score (nSPS) is 22.8. The minimum absolute atomic E-state index is 0.363. The van der Waals surface area contributed by atoms with Crippen LogP contribution in [0, 0.1) is 0 Å². The predicted octanol–water partition coefficient (Wildman–Crippen LogP) is 3.73. The second kappa shape index (κ2) is 3.78. The Labute approximate surface area is 97.1 Å². The van der Waals surface area contributed by atoms with Crippen molar-refractivity contribution in [2.24, 2.45) is 0 Å². The molecule has 0 aromatic rings. The van der Waals surface area contributed by atoms with Gasteiger partial charge in [0.15, 0.2) is 0 Å². The van der Waals surface area contributed by atoms with E-state index < -0.39 is 8.24 Å². The van der Waals surface area contributed by atoms with E-state index in [1.54, 1.807) is 10.7 Å². The third-order valence-corrected chi connectivity index (χ3v) is 8.38. The summed E-state index contributed by atoms with van der Waals surface area (Å²) >= 11 is 0. The van der Waals surface area contributed by atoms with E-state index in [0.29, 0.717) is 12.2 Å². The molecule has 0 aromatic heterocycles. The molecule has 0 saturated heterocycles. The molecule has 1 nitrogen and oxygen atoms in total. The molecule has 86 valence electrons. The van der Waals surface area contributed by atoms with Crippen molar-refractivity contribution < 1.29 is 0 Å². The van der Waals surface area contributed by atoms with Crippen LogP contribution in [0.15, 0.2) is 10.7 Å². The van der Waals surface area contributed by atoms with Gasteiger partial charge in [0.2, 0.25) is 0 Å². The summed E-state index contributed by atoms with van der Waals surface area (Å²) in [6.45, 7) is 17.4. The second-order valence-corrected chi connectivity index (χ2v) is 11.0. The van der Waals surface area contributed by atoms with Gasteiger partial charge in [-0.05, 0) is 25.7 Å². The molecule has 1 aliphatic heterocycles. The van der Waals surface area contributed by atoms with Crippen molar-refractivity contribution in [1.82, 2.24) is 4.48 Å². The van der Waals surface area contributed by atoms with E-state index in [1.807, 2.05) is 0 Å². The fraction of sp³-hybridized carbons (Fsp3) is 0.833. The zero-order chi connectivity index (χ0) is 12.0. The van der Waals surface area contributed by atoms with Gasteiger partial charge in [0.1, 0.15) is 8.24 Å². The average molecular weight is 223 g/mol. The molecule has 1 rings (SSSR count). The summed E-state index contributed by atoms with van der Waals surface area (Å²) in [6.07, 6.45) is 1.22. The molecule has 0 aromatic carbocycles. The van der Waals surface area contributed by atoms with Crippen LogP contribution in [0.2, 0.25) is 18.4 Å². The molecule has 0 saturated carbocycles. The maximum atomic E-state index is 2.68.